The molecule has 178 valence electrons. The molecule has 1 aromatic carbocycles. The summed E-state index contributed by atoms with van der Waals surface area (Å²) in [6.45, 7) is 2.50. The highest BCUT2D eigenvalue weighted by Crippen LogP contribution is 2.47. The van der Waals surface area contributed by atoms with Crippen LogP contribution in [-0.4, -0.2) is 61.3 Å². The molecule has 3 aliphatic carbocycles. The molecule has 4 aliphatic rings. The van der Waals surface area contributed by atoms with E-state index in [0.29, 0.717) is 12.5 Å². The van der Waals surface area contributed by atoms with E-state index < -0.39 is 0 Å². The molecule has 1 unspecified atom stereocenters. The van der Waals surface area contributed by atoms with Gasteiger partial charge in [0.05, 0.1) is 11.6 Å². The Hall–Kier alpha value is -2.11. The Morgan fingerprint density at radius 1 is 1.12 bits per heavy atom. The van der Waals surface area contributed by atoms with Gasteiger partial charge in [0.25, 0.3) is 0 Å². The molecule has 1 saturated heterocycles. The van der Waals surface area contributed by atoms with Crippen LogP contribution in [0.25, 0.3) is 0 Å². The topological polar surface area (TPSA) is 44.8 Å². The summed E-state index contributed by atoms with van der Waals surface area (Å²) in [4.78, 5) is 18.1. The summed E-state index contributed by atoms with van der Waals surface area (Å²) in [6, 6.07) is 11.1. The molecule has 5 rings (SSSR count). The number of carbonyl (C=O) groups is 1. The summed E-state index contributed by atoms with van der Waals surface area (Å²) >= 11 is 0. The molecule has 5 nitrogen and oxygen atoms in total. The van der Waals surface area contributed by atoms with Crippen molar-refractivity contribution in [3.8, 4) is 0 Å². The number of benzene rings is 1. The van der Waals surface area contributed by atoms with E-state index in [0.717, 1.165) is 45.2 Å². The van der Waals surface area contributed by atoms with Gasteiger partial charge in [-0.3, -0.25) is 0 Å². The first-order chi connectivity index (χ1) is 16.1. The minimum absolute atomic E-state index is 0.00885. The van der Waals surface area contributed by atoms with Crippen LogP contribution in [-0.2, 0) is 10.3 Å². The SMILES string of the molecule is CNC1(c2ccccc2)CCC2(CC1)CN(CC1=CCC(OC)C=C1)C(=O)N2CC1CCC1. The third-order valence-electron chi connectivity index (χ3n) is 8.88. The Bertz CT molecular complexity index is 897. The fourth-order valence-electron chi connectivity index (χ4n) is 6.38. The number of rotatable bonds is 7. The number of nitrogens with zero attached hydrogens (tertiary/aromatic N) is 2. The van der Waals surface area contributed by atoms with Gasteiger partial charge in [-0.15, -0.1) is 0 Å². The Balaban J connectivity index is 1.34. The van der Waals surface area contributed by atoms with E-state index in [2.05, 4.69) is 70.7 Å². The minimum Gasteiger partial charge on any atom is -0.377 e. The molecule has 1 heterocycles. The number of carbonyl (C=O) groups excluding carboxylic acids is 1. The van der Waals surface area contributed by atoms with Gasteiger partial charge >= 0.3 is 6.03 Å². The van der Waals surface area contributed by atoms with Crippen molar-refractivity contribution in [2.75, 3.05) is 33.8 Å². The average molecular weight is 450 g/mol. The highest BCUT2D eigenvalue weighted by atomic mass is 16.5. The maximum atomic E-state index is 13.7. The first-order valence-corrected chi connectivity index (χ1v) is 12.8. The van der Waals surface area contributed by atoms with Gasteiger partial charge in [0.1, 0.15) is 0 Å². The van der Waals surface area contributed by atoms with Crippen molar-refractivity contribution in [3.63, 3.8) is 0 Å². The Morgan fingerprint density at radius 3 is 2.45 bits per heavy atom. The molecule has 5 heteroatoms. The van der Waals surface area contributed by atoms with Gasteiger partial charge in [-0.2, -0.15) is 0 Å². The maximum Gasteiger partial charge on any atom is 0.320 e. The molecule has 1 aromatic rings. The van der Waals surface area contributed by atoms with E-state index >= 15 is 0 Å². The number of methoxy groups -OCH3 is 1. The Kier molecular flexibility index (Phi) is 6.37. The highest BCUT2D eigenvalue weighted by Gasteiger charge is 2.54. The summed E-state index contributed by atoms with van der Waals surface area (Å²) in [5.74, 6) is 0.687. The van der Waals surface area contributed by atoms with Crippen molar-refractivity contribution in [2.24, 2.45) is 5.92 Å². The predicted molar refractivity (Wildman–Crippen MR) is 132 cm³/mol. The van der Waals surface area contributed by atoms with E-state index in [1.165, 1.54) is 30.4 Å². The molecule has 3 fully saturated rings. The summed E-state index contributed by atoms with van der Waals surface area (Å²) in [7, 11) is 3.85. The van der Waals surface area contributed by atoms with Crippen LogP contribution in [0.2, 0.25) is 0 Å². The molecule has 2 saturated carbocycles. The van der Waals surface area contributed by atoms with Gasteiger partial charge < -0.3 is 19.9 Å². The van der Waals surface area contributed by atoms with Crippen LogP contribution in [0.4, 0.5) is 4.79 Å². The smallest absolute Gasteiger partial charge is 0.320 e. The summed E-state index contributed by atoms with van der Waals surface area (Å²) in [5, 5.41) is 3.67. The normalized spacial score (nSPS) is 32.4. The van der Waals surface area contributed by atoms with Crippen LogP contribution < -0.4 is 5.32 Å². The first kappa shape index (κ1) is 22.7. The van der Waals surface area contributed by atoms with Crippen molar-refractivity contribution in [3.05, 3.63) is 59.7 Å². The average Bonchev–Trinajstić information content (AvgIpc) is 3.08. The van der Waals surface area contributed by atoms with Gasteiger partial charge in [0.15, 0.2) is 0 Å². The van der Waals surface area contributed by atoms with Crippen molar-refractivity contribution in [1.29, 1.82) is 0 Å². The van der Waals surface area contributed by atoms with E-state index in [-0.39, 0.29) is 23.2 Å². The molecule has 1 spiro atoms. The van der Waals surface area contributed by atoms with Crippen LogP contribution >= 0.6 is 0 Å². The quantitative estimate of drug-likeness (QED) is 0.647. The van der Waals surface area contributed by atoms with Crippen molar-refractivity contribution in [2.45, 2.75) is 68.5 Å². The van der Waals surface area contributed by atoms with E-state index in [9.17, 15) is 4.79 Å². The molecule has 33 heavy (non-hydrogen) atoms. The summed E-state index contributed by atoms with van der Waals surface area (Å²) in [5.41, 5.74) is 2.59. The number of amides is 2. The number of nitrogens with one attached hydrogen (secondary N) is 1. The van der Waals surface area contributed by atoms with Gasteiger partial charge in [0, 0.05) is 32.3 Å². The number of ether oxygens (including phenoxy) is 1. The predicted octanol–water partition coefficient (Wildman–Crippen LogP) is 4.85. The highest BCUT2D eigenvalue weighted by molar-refractivity contribution is 5.79. The molecule has 2 amide bonds. The minimum atomic E-state index is -0.0319. The lowest BCUT2D eigenvalue weighted by molar-refractivity contribution is 0.0585. The molecule has 0 radical (unpaired) electrons. The third kappa shape index (κ3) is 4.26. The van der Waals surface area contributed by atoms with E-state index in [4.69, 9.17) is 4.74 Å². The molecular formula is C28H39N3O2. The zero-order chi connectivity index (χ0) is 22.9. The molecule has 1 atom stereocenters. The molecule has 1 N–H and O–H groups in total. The molecule has 0 bridgehead atoms. The number of hydrogen-bond acceptors (Lipinski definition) is 3. The number of hydrogen-bond donors (Lipinski definition) is 1. The lowest BCUT2D eigenvalue weighted by Crippen LogP contribution is -2.56. The van der Waals surface area contributed by atoms with Crippen molar-refractivity contribution >= 4 is 6.03 Å². The van der Waals surface area contributed by atoms with Gasteiger partial charge in [-0.05, 0) is 69.0 Å². The van der Waals surface area contributed by atoms with Crippen LogP contribution in [0.3, 0.4) is 0 Å². The molecular weight excluding hydrogens is 410 g/mol. The lowest BCUT2D eigenvalue weighted by Gasteiger charge is -2.49. The first-order valence-electron chi connectivity index (χ1n) is 12.8. The summed E-state index contributed by atoms with van der Waals surface area (Å²) in [6.07, 6.45) is 15.7. The monoisotopic (exact) mass is 449 g/mol. The fraction of sp³-hybridized carbons (Fsp3) is 0.607. The van der Waals surface area contributed by atoms with Crippen LogP contribution in [0, 0.1) is 5.92 Å². The Morgan fingerprint density at radius 2 is 1.88 bits per heavy atom. The van der Waals surface area contributed by atoms with Gasteiger partial charge in [-0.1, -0.05) is 55.0 Å². The second kappa shape index (κ2) is 9.27. The zero-order valence-corrected chi connectivity index (χ0v) is 20.3. The van der Waals surface area contributed by atoms with Crippen LogP contribution in [0.1, 0.15) is 56.9 Å². The third-order valence-corrected chi connectivity index (χ3v) is 8.88. The second-order valence-electron chi connectivity index (χ2n) is 10.6. The fourth-order valence-corrected chi connectivity index (χ4v) is 6.38. The van der Waals surface area contributed by atoms with E-state index in [1.54, 1.807) is 7.11 Å². The largest absolute Gasteiger partial charge is 0.377 e. The van der Waals surface area contributed by atoms with Crippen molar-refractivity contribution < 1.29 is 9.53 Å². The van der Waals surface area contributed by atoms with Crippen LogP contribution in [0.15, 0.2) is 54.1 Å². The standard InChI is InChI=1S/C28H39N3O2/c1-29-28(24-9-4-3-5-10-24)17-15-27(16-18-28)21-30(19-23-11-13-25(33-2)14-12-23)26(32)31(27)20-22-7-6-8-22/h3-5,9-13,22,25,29H,6-8,14-21H2,1-2H3. The molecule has 0 aromatic heterocycles. The second-order valence-corrected chi connectivity index (χ2v) is 10.6. The number of urea groups is 1. The summed E-state index contributed by atoms with van der Waals surface area (Å²) < 4.78 is 5.44. The maximum absolute atomic E-state index is 13.7. The van der Waals surface area contributed by atoms with Crippen molar-refractivity contribution in [1.82, 2.24) is 15.1 Å². The zero-order valence-electron chi connectivity index (χ0n) is 20.3. The van der Waals surface area contributed by atoms with E-state index in [1.807, 2.05) is 0 Å². The van der Waals surface area contributed by atoms with Crippen LogP contribution in [0.5, 0.6) is 0 Å². The van der Waals surface area contributed by atoms with Gasteiger partial charge in [-0.25, -0.2) is 4.79 Å². The lowest BCUT2D eigenvalue weighted by atomic mass is 9.68. The Labute approximate surface area is 198 Å². The van der Waals surface area contributed by atoms with Gasteiger partial charge in [0.2, 0.25) is 0 Å². The molecule has 1 aliphatic heterocycles.